The predicted molar refractivity (Wildman–Crippen MR) is 86.9 cm³/mol. The van der Waals surface area contributed by atoms with Crippen LogP contribution < -0.4 is 5.32 Å². The minimum Gasteiger partial charge on any atom is -0.465 e. The molecule has 0 amide bonds. The maximum atomic E-state index is 12.0. The molecule has 0 bridgehead atoms. The van der Waals surface area contributed by atoms with Gasteiger partial charge in [0.1, 0.15) is 6.04 Å². The van der Waals surface area contributed by atoms with Crippen molar-refractivity contribution in [1.29, 1.82) is 0 Å². The molecule has 112 valence electrons. The van der Waals surface area contributed by atoms with Crippen LogP contribution in [0.15, 0.2) is 28.6 Å². The number of para-hydroxylation sites is 1. The lowest BCUT2D eigenvalue weighted by atomic mass is 10.3. The molecule has 2 aromatic rings. The van der Waals surface area contributed by atoms with Gasteiger partial charge in [0, 0.05) is 11.8 Å². The number of fused-ring (bicyclic) bond motifs is 1. The van der Waals surface area contributed by atoms with Gasteiger partial charge in [0.05, 0.1) is 16.8 Å². The number of thioether (sulfide) groups is 1. The Morgan fingerprint density at radius 1 is 1.52 bits per heavy atom. The summed E-state index contributed by atoms with van der Waals surface area (Å²) in [5, 5.41) is 3.36. The van der Waals surface area contributed by atoms with Crippen LogP contribution in [0.1, 0.15) is 19.8 Å². The summed E-state index contributed by atoms with van der Waals surface area (Å²) in [5.41, 5.74) is 1.02. The van der Waals surface area contributed by atoms with Crippen molar-refractivity contribution in [2.24, 2.45) is 0 Å². The van der Waals surface area contributed by atoms with E-state index in [9.17, 15) is 4.79 Å². The maximum absolute atomic E-state index is 12.0. The second-order valence-corrected chi connectivity index (χ2v) is 7.30. The topological polar surface area (TPSA) is 51.2 Å². The van der Waals surface area contributed by atoms with Gasteiger partial charge in [0.15, 0.2) is 4.34 Å². The molecule has 3 rings (SSSR count). The van der Waals surface area contributed by atoms with E-state index in [-0.39, 0.29) is 12.0 Å². The molecule has 4 nitrogen and oxygen atoms in total. The minimum absolute atomic E-state index is 0.155. The Morgan fingerprint density at radius 3 is 3.05 bits per heavy atom. The molecular weight excluding hydrogens is 304 g/mol. The van der Waals surface area contributed by atoms with Gasteiger partial charge >= 0.3 is 5.97 Å². The molecule has 1 N–H and O–H groups in total. The Morgan fingerprint density at radius 2 is 2.33 bits per heavy atom. The fraction of sp³-hybridized carbons (Fsp3) is 0.467. The lowest BCUT2D eigenvalue weighted by Crippen LogP contribution is -2.41. The standard InChI is InChI=1S/C15H18N2O2S2/c1-2-19-14(18)12(16-10-7-8-10)9-20-15-17-11-5-3-4-6-13(11)21-15/h3-6,10,12,16H,2,7-9H2,1H3. The zero-order valence-corrected chi connectivity index (χ0v) is 13.5. The van der Waals surface area contributed by atoms with Crippen molar-refractivity contribution in [1.82, 2.24) is 10.3 Å². The van der Waals surface area contributed by atoms with E-state index in [4.69, 9.17) is 4.74 Å². The van der Waals surface area contributed by atoms with Crippen LogP contribution in [0.2, 0.25) is 0 Å². The lowest BCUT2D eigenvalue weighted by Gasteiger charge is -2.15. The summed E-state index contributed by atoms with van der Waals surface area (Å²) >= 11 is 3.29. The number of aromatic nitrogens is 1. The number of nitrogens with zero attached hydrogens (tertiary/aromatic N) is 1. The van der Waals surface area contributed by atoms with Gasteiger partial charge in [0.2, 0.25) is 0 Å². The molecule has 21 heavy (non-hydrogen) atoms. The number of thiazole rings is 1. The summed E-state index contributed by atoms with van der Waals surface area (Å²) in [6, 6.07) is 8.34. The largest absolute Gasteiger partial charge is 0.465 e. The lowest BCUT2D eigenvalue weighted by molar-refractivity contribution is -0.145. The van der Waals surface area contributed by atoms with Gasteiger partial charge < -0.3 is 10.1 Å². The number of benzene rings is 1. The zero-order chi connectivity index (χ0) is 14.7. The van der Waals surface area contributed by atoms with Crippen LogP contribution in [0.4, 0.5) is 0 Å². The van der Waals surface area contributed by atoms with E-state index in [1.807, 2.05) is 25.1 Å². The number of carbonyl (C=O) groups is 1. The molecule has 1 unspecified atom stereocenters. The summed E-state index contributed by atoms with van der Waals surface area (Å²) < 4.78 is 7.33. The van der Waals surface area contributed by atoms with E-state index >= 15 is 0 Å². The van der Waals surface area contributed by atoms with Gasteiger partial charge in [-0.15, -0.1) is 11.3 Å². The van der Waals surface area contributed by atoms with E-state index < -0.39 is 0 Å². The first-order valence-corrected chi connectivity index (χ1v) is 8.97. The minimum atomic E-state index is -0.241. The van der Waals surface area contributed by atoms with Crippen LogP contribution in [0.5, 0.6) is 0 Å². The van der Waals surface area contributed by atoms with E-state index in [1.165, 1.54) is 4.70 Å². The number of hydrogen-bond donors (Lipinski definition) is 1. The summed E-state index contributed by atoms with van der Waals surface area (Å²) in [6.07, 6.45) is 2.31. The van der Waals surface area contributed by atoms with Crippen LogP contribution in [0.3, 0.4) is 0 Å². The first kappa shape index (κ1) is 14.8. The molecule has 0 saturated heterocycles. The molecule has 1 aromatic carbocycles. The maximum Gasteiger partial charge on any atom is 0.324 e. The molecule has 0 radical (unpaired) electrons. The highest BCUT2D eigenvalue weighted by molar-refractivity contribution is 8.01. The Bertz CT molecular complexity index is 592. The van der Waals surface area contributed by atoms with Gasteiger partial charge in [-0.25, -0.2) is 4.98 Å². The number of hydrogen-bond acceptors (Lipinski definition) is 6. The van der Waals surface area contributed by atoms with Crippen LogP contribution in [-0.4, -0.2) is 35.4 Å². The molecule has 1 fully saturated rings. The average Bonchev–Trinajstić information content (AvgIpc) is 3.20. The zero-order valence-electron chi connectivity index (χ0n) is 11.9. The second-order valence-electron chi connectivity index (χ2n) is 5.00. The molecule has 1 aliphatic carbocycles. The highest BCUT2D eigenvalue weighted by atomic mass is 32.2. The monoisotopic (exact) mass is 322 g/mol. The molecular formula is C15H18N2O2S2. The van der Waals surface area contributed by atoms with Gasteiger partial charge in [0.25, 0.3) is 0 Å². The quantitative estimate of drug-likeness (QED) is 0.627. The van der Waals surface area contributed by atoms with E-state index in [0.29, 0.717) is 18.4 Å². The van der Waals surface area contributed by atoms with Gasteiger partial charge in [-0.2, -0.15) is 0 Å². The van der Waals surface area contributed by atoms with E-state index in [2.05, 4.69) is 16.4 Å². The molecule has 0 spiro atoms. The Labute approximate surface area is 132 Å². The van der Waals surface area contributed by atoms with E-state index in [0.717, 1.165) is 22.7 Å². The molecule has 1 atom stereocenters. The first-order valence-electron chi connectivity index (χ1n) is 7.17. The van der Waals surface area contributed by atoms with Crippen molar-refractivity contribution >= 4 is 39.3 Å². The average molecular weight is 322 g/mol. The van der Waals surface area contributed by atoms with Crippen LogP contribution in [0, 0.1) is 0 Å². The van der Waals surface area contributed by atoms with Gasteiger partial charge in [-0.3, -0.25) is 4.79 Å². The molecule has 1 saturated carbocycles. The molecule has 1 aromatic heterocycles. The molecule has 1 aliphatic rings. The van der Waals surface area contributed by atoms with Crippen LogP contribution in [-0.2, 0) is 9.53 Å². The van der Waals surface area contributed by atoms with Crippen molar-refractivity contribution in [3.63, 3.8) is 0 Å². The third-order valence-electron chi connectivity index (χ3n) is 3.23. The summed E-state index contributed by atoms with van der Waals surface area (Å²) in [6.45, 7) is 2.26. The van der Waals surface area contributed by atoms with Crippen molar-refractivity contribution in [2.45, 2.75) is 36.2 Å². The number of carbonyl (C=O) groups excluding carboxylic acids is 1. The van der Waals surface area contributed by atoms with E-state index in [1.54, 1.807) is 23.1 Å². The summed E-state index contributed by atoms with van der Waals surface area (Å²) in [5.74, 6) is 0.507. The molecule has 0 aliphatic heterocycles. The fourth-order valence-corrected chi connectivity index (χ4v) is 4.14. The molecule has 1 heterocycles. The van der Waals surface area contributed by atoms with Gasteiger partial charge in [-0.05, 0) is 31.9 Å². The number of esters is 1. The van der Waals surface area contributed by atoms with Crippen molar-refractivity contribution < 1.29 is 9.53 Å². The van der Waals surface area contributed by atoms with Crippen molar-refractivity contribution in [3.05, 3.63) is 24.3 Å². The number of rotatable bonds is 7. The fourth-order valence-electron chi connectivity index (χ4n) is 2.03. The summed E-state index contributed by atoms with van der Waals surface area (Å²) in [7, 11) is 0. The highest BCUT2D eigenvalue weighted by Crippen LogP contribution is 2.30. The number of ether oxygens (including phenoxy) is 1. The third-order valence-corrected chi connectivity index (χ3v) is 5.51. The smallest absolute Gasteiger partial charge is 0.324 e. The first-order chi connectivity index (χ1) is 10.3. The van der Waals surface area contributed by atoms with Crippen molar-refractivity contribution in [2.75, 3.05) is 12.4 Å². The predicted octanol–water partition coefficient (Wildman–Crippen LogP) is 3.07. The SMILES string of the molecule is CCOC(=O)C(CSc1nc2ccccc2s1)NC1CC1. The van der Waals surface area contributed by atoms with Crippen LogP contribution in [0.25, 0.3) is 10.2 Å². The number of nitrogens with one attached hydrogen (secondary N) is 1. The van der Waals surface area contributed by atoms with Crippen LogP contribution >= 0.6 is 23.1 Å². The highest BCUT2D eigenvalue weighted by Gasteiger charge is 2.29. The molecule has 6 heteroatoms. The van der Waals surface area contributed by atoms with Crippen molar-refractivity contribution in [3.8, 4) is 0 Å². The second kappa shape index (κ2) is 6.77. The van der Waals surface area contributed by atoms with Gasteiger partial charge in [-0.1, -0.05) is 23.9 Å². The Hall–Kier alpha value is -1.11. The Balaban J connectivity index is 1.63. The summed E-state index contributed by atoms with van der Waals surface area (Å²) in [4.78, 5) is 16.6. The Kier molecular flexibility index (Phi) is 4.77. The normalized spacial score (nSPS) is 16.0. The third kappa shape index (κ3) is 3.96.